The van der Waals surface area contributed by atoms with Crippen LogP contribution in [0.3, 0.4) is 0 Å². The Hall–Kier alpha value is -5.40. The molecule has 0 fully saturated rings. The van der Waals surface area contributed by atoms with E-state index in [0.29, 0.717) is 0 Å². The van der Waals surface area contributed by atoms with Gasteiger partial charge in [0.15, 0.2) is 0 Å². The SMILES string of the molecule is C=C1/C(C2=CCCC=C2)=C\C=C/Cc2cc3c(cc21)CC1=C3C(N(c2ccc(C)c(C(C)(C)C3=CCCCC3)c2)c2cccc3c2Cc2ccccc2-3)=CCC1. The van der Waals surface area contributed by atoms with Gasteiger partial charge in [-0.1, -0.05) is 123 Å². The van der Waals surface area contributed by atoms with Gasteiger partial charge in [0.25, 0.3) is 0 Å². The molecule has 0 saturated carbocycles. The Kier molecular flexibility index (Phi) is 8.74. The van der Waals surface area contributed by atoms with Crippen molar-refractivity contribution >= 4 is 22.5 Å². The average Bonchev–Trinajstić information content (AvgIpc) is 3.80. The maximum absolute atomic E-state index is 4.76. The van der Waals surface area contributed by atoms with Crippen LogP contribution in [-0.2, 0) is 24.7 Å². The molecular formula is C55H53N. The minimum absolute atomic E-state index is 0.0324. The molecule has 4 aromatic carbocycles. The number of anilines is 2. The molecule has 0 bridgehead atoms. The van der Waals surface area contributed by atoms with E-state index in [2.05, 4.69) is 147 Å². The zero-order valence-corrected chi connectivity index (χ0v) is 33.5. The number of allylic oxidation sites excluding steroid dienone is 14. The monoisotopic (exact) mass is 727 g/mol. The number of hydrogen-bond donors (Lipinski definition) is 0. The van der Waals surface area contributed by atoms with Crippen LogP contribution in [-0.4, -0.2) is 0 Å². The molecule has 0 aliphatic heterocycles. The predicted molar refractivity (Wildman–Crippen MR) is 238 cm³/mol. The Bertz CT molecular complexity index is 2550. The molecule has 6 aliphatic carbocycles. The molecule has 56 heavy (non-hydrogen) atoms. The van der Waals surface area contributed by atoms with Crippen molar-refractivity contribution in [1.29, 1.82) is 0 Å². The van der Waals surface area contributed by atoms with E-state index in [1.54, 1.807) is 11.1 Å². The molecule has 0 unspecified atom stereocenters. The molecule has 278 valence electrons. The summed E-state index contributed by atoms with van der Waals surface area (Å²) in [4.78, 5) is 2.67. The van der Waals surface area contributed by atoms with Crippen molar-refractivity contribution in [1.82, 2.24) is 0 Å². The third kappa shape index (κ3) is 5.82. The van der Waals surface area contributed by atoms with Crippen molar-refractivity contribution < 1.29 is 0 Å². The number of fused-ring (bicyclic) bond motifs is 6. The highest BCUT2D eigenvalue weighted by Gasteiger charge is 2.35. The maximum atomic E-state index is 4.76. The summed E-state index contributed by atoms with van der Waals surface area (Å²) in [6, 6.07) is 28.4. The number of rotatable bonds is 6. The topological polar surface area (TPSA) is 3.24 Å². The van der Waals surface area contributed by atoms with Crippen LogP contribution >= 0.6 is 0 Å². The van der Waals surface area contributed by atoms with E-state index in [1.165, 1.54) is 115 Å². The highest BCUT2D eigenvalue weighted by Crippen LogP contribution is 2.52. The summed E-state index contributed by atoms with van der Waals surface area (Å²) < 4.78 is 0. The quantitative estimate of drug-likeness (QED) is 0.157. The Morgan fingerprint density at radius 2 is 1.57 bits per heavy atom. The lowest BCUT2D eigenvalue weighted by molar-refractivity contribution is 0.546. The number of benzene rings is 4. The lowest BCUT2D eigenvalue weighted by atomic mass is 9.72. The third-order valence-electron chi connectivity index (χ3n) is 13.6. The first-order valence-corrected chi connectivity index (χ1v) is 21.2. The molecule has 0 saturated heterocycles. The fourth-order valence-corrected chi connectivity index (χ4v) is 10.7. The molecule has 1 heteroatoms. The van der Waals surface area contributed by atoms with Crippen LogP contribution in [0.5, 0.6) is 0 Å². The predicted octanol–water partition coefficient (Wildman–Crippen LogP) is 14.5. The summed E-state index contributed by atoms with van der Waals surface area (Å²) in [6.45, 7) is 12.0. The lowest BCUT2D eigenvalue weighted by Gasteiger charge is -2.36. The van der Waals surface area contributed by atoms with Gasteiger partial charge in [0.1, 0.15) is 0 Å². The van der Waals surface area contributed by atoms with E-state index in [4.69, 9.17) is 6.58 Å². The van der Waals surface area contributed by atoms with Crippen LogP contribution in [0.4, 0.5) is 11.4 Å². The largest absolute Gasteiger partial charge is 0.310 e. The van der Waals surface area contributed by atoms with Crippen LogP contribution in [0.25, 0.3) is 22.3 Å². The van der Waals surface area contributed by atoms with Crippen LogP contribution in [0.2, 0.25) is 0 Å². The van der Waals surface area contributed by atoms with Gasteiger partial charge in [0, 0.05) is 28.8 Å². The average molecular weight is 728 g/mol. The molecular weight excluding hydrogens is 675 g/mol. The normalized spacial score (nSPS) is 19.9. The highest BCUT2D eigenvalue weighted by molar-refractivity contribution is 5.97. The molecule has 0 radical (unpaired) electrons. The maximum Gasteiger partial charge on any atom is 0.0503 e. The molecule has 0 aromatic heterocycles. The summed E-state index contributed by atoms with van der Waals surface area (Å²) in [5.74, 6) is 0. The van der Waals surface area contributed by atoms with Crippen molar-refractivity contribution in [2.24, 2.45) is 0 Å². The Labute approximate surface area is 334 Å². The van der Waals surface area contributed by atoms with E-state index in [-0.39, 0.29) is 5.41 Å². The van der Waals surface area contributed by atoms with Gasteiger partial charge in [-0.05, 0) is 174 Å². The van der Waals surface area contributed by atoms with E-state index in [0.717, 1.165) is 50.5 Å². The van der Waals surface area contributed by atoms with Crippen LogP contribution in [0, 0.1) is 6.92 Å². The van der Waals surface area contributed by atoms with Gasteiger partial charge in [0.05, 0.1) is 5.69 Å². The molecule has 0 heterocycles. The van der Waals surface area contributed by atoms with Gasteiger partial charge in [-0.15, -0.1) is 0 Å². The van der Waals surface area contributed by atoms with E-state index in [9.17, 15) is 0 Å². The Morgan fingerprint density at radius 3 is 2.43 bits per heavy atom. The van der Waals surface area contributed by atoms with Gasteiger partial charge >= 0.3 is 0 Å². The minimum Gasteiger partial charge on any atom is -0.310 e. The van der Waals surface area contributed by atoms with Gasteiger partial charge in [-0.25, -0.2) is 0 Å². The van der Waals surface area contributed by atoms with Crippen molar-refractivity contribution in [3.63, 3.8) is 0 Å². The summed E-state index contributed by atoms with van der Waals surface area (Å²) >= 11 is 0. The summed E-state index contributed by atoms with van der Waals surface area (Å²) in [5, 5.41) is 0. The van der Waals surface area contributed by atoms with E-state index in [1.807, 2.05) is 0 Å². The van der Waals surface area contributed by atoms with Crippen LogP contribution in [0.1, 0.15) is 110 Å². The zero-order chi connectivity index (χ0) is 38.0. The van der Waals surface area contributed by atoms with E-state index >= 15 is 0 Å². The first-order chi connectivity index (χ1) is 27.4. The van der Waals surface area contributed by atoms with Gasteiger partial charge in [-0.3, -0.25) is 0 Å². The van der Waals surface area contributed by atoms with Crippen LogP contribution in [0.15, 0.2) is 156 Å². The van der Waals surface area contributed by atoms with Crippen molar-refractivity contribution in [3.8, 4) is 11.1 Å². The molecule has 6 aliphatic rings. The van der Waals surface area contributed by atoms with Gasteiger partial charge < -0.3 is 4.90 Å². The second kappa shape index (κ2) is 14.0. The Morgan fingerprint density at radius 1 is 0.696 bits per heavy atom. The van der Waals surface area contributed by atoms with Gasteiger partial charge in [-0.2, -0.15) is 0 Å². The lowest BCUT2D eigenvalue weighted by Crippen LogP contribution is -2.25. The van der Waals surface area contributed by atoms with Crippen molar-refractivity contribution in [3.05, 3.63) is 200 Å². The molecule has 0 amide bonds. The molecule has 10 rings (SSSR count). The number of aryl methyl sites for hydroxylation is 1. The zero-order valence-electron chi connectivity index (χ0n) is 33.5. The molecule has 0 N–H and O–H groups in total. The molecule has 1 nitrogen and oxygen atoms in total. The third-order valence-corrected chi connectivity index (χ3v) is 13.6. The highest BCUT2D eigenvalue weighted by atomic mass is 15.2. The standard InChI is InChI=1S/C55H53N/c1-36-29-30-44(35-51(36)55(3,4)43-22-9-6-10-23-43)56(52-27-16-26-47-46-25-14-12-19-39(46)33-50(47)52)53-28-15-21-41-31-42-34-48-37(2)45(38-17-7-5-8-18-38)24-13-11-20-40(48)32-49(42)54(41)53/h7,11-14,16-19,22,24-30,32,34-35H,2,5-6,8-10,15,20-21,23,31,33H2,1,3-4H3/b13-11-,45-24+. The fraction of sp³-hybridized carbons (Fsp3) is 0.273. The second-order valence-electron chi connectivity index (χ2n) is 17.4. The Balaban J connectivity index is 1.13. The molecule has 0 atom stereocenters. The molecule has 0 spiro atoms. The summed E-state index contributed by atoms with van der Waals surface area (Å²) in [6.07, 6.45) is 31.2. The smallest absolute Gasteiger partial charge is 0.0503 e. The van der Waals surface area contributed by atoms with Crippen molar-refractivity contribution in [2.45, 2.75) is 96.8 Å². The van der Waals surface area contributed by atoms with Gasteiger partial charge in [0.2, 0.25) is 0 Å². The summed E-state index contributed by atoms with van der Waals surface area (Å²) in [5.41, 5.74) is 26.2. The summed E-state index contributed by atoms with van der Waals surface area (Å²) in [7, 11) is 0. The first kappa shape index (κ1) is 35.0. The number of nitrogens with zero attached hydrogens (tertiary/aromatic N) is 1. The minimum atomic E-state index is -0.0324. The number of hydrogen-bond acceptors (Lipinski definition) is 1. The molecule has 4 aromatic rings. The van der Waals surface area contributed by atoms with Crippen LogP contribution < -0.4 is 4.90 Å². The van der Waals surface area contributed by atoms with Crippen molar-refractivity contribution in [2.75, 3.05) is 4.90 Å². The second-order valence-corrected chi connectivity index (χ2v) is 17.4. The fourth-order valence-electron chi connectivity index (χ4n) is 10.7. The first-order valence-electron chi connectivity index (χ1n) is 21.2. The van der Waals surface area contributed by atoms with E-state index < -0.39 is 0 Å².